The topological polar surface area (TPSA) is 42.1 Å². The lowest BCUT2D eigenvalue weighted by atomic mass is 10.2. The predicted octanol–water partition coefficient (Wildman–Crippen LogP) is 1.70. The number of anilines is 1. The molecule has 0 amide bonds. The van der Waals surface area contributed by atoms with Gasteiger partial charge in [0, 0.05) is 12.6 Å². The molecule has 1 aliphatic heterocycles. The lowest BCUT2D eigenvalue weighted by molar-refractivity contribution is 0.727. The Labute approximate surface area is 95.3 Å². The quantitative estimate of drug-likeness (QED) is 0.772. The third-order valence-corrected chi connectivity index (χ3v) is 3.04. The summed E-state index contributed by atoms with van der Waals surface area (Å²) in [6.07, 6.45) is 2.47. The third-order valence-electron chi connectivity index (χ3n) is 2.83. The number of thiocarbonyl (C=S) groups is 1. The van der Waals surface area contributed by atoms with Gasteiger partial charge in [-0.3, -0.25) is 0 Å². The molecule has 0 saturated carbocycles. The average Bonchev–Trinajstić information content (AvgIpc) is 2.64. The first-order valence-electron chi connectivity index (χ1n) is 5.22. The van der Waals surface area contributed by atoms with Crippen LogP contribution in [0.4, 0.5) is 5.82 Å². The smallest absolute Gasteiger partial charge is 0.129 e. The van der Waals surface area contributed by atoms with E-state index in [2.05, 4.69) is 16.8 Å². The monoisotopic (exact) mass is 221 g/mol. The van der Waals surface area contributed by atoms with Crippen LogP contribution in [-0.2, 0) is 0 Å². The summed E-state index contributed by atoms with van der Waals surface area (Å²) in [6, 6.07) is 6.40. The van der Waals surface area contributed by atoms with Gasteiger partial charge in [-0.1, -0.05) is 18.3 Å². The Morgan fingerprint density at radius 1 is 1.60 bits per heavy atom. The highest BCUT2D eigenvalue weighted by Crippen LogP contribution is 2.23. The standard InChI is InChI=1S/C11H15N3S/c1-8-4-3-7-14(8)10-6-2-5-9(13-10)11(12)15/h2,5-6,8H,3-4,7H2,1H3,(H2,12,15). The van der Waals surface area contributed by atoms with Crippen molar-refractivity contribution in [3.05, 3.63) is 23.9 Å². The summed E-state index contributed by atoms with van der Waals surface area (Å²) in [5, 5.41) is 0. The number of rotatable bonds is 2. The second-order valence-corrected chi connectivity index (χ2v) is 4.37. The van der Waals surface area contributed by atoms with Gasteiger partial charge in [0.1, 0.15) is 10.8 Å². The Morgan fingerprint density at radius 3 is 3.00 bits per heavy atom. The summed E-state index contributed by atoms with van der Waals surface area (Å²) in [4.78, 5) is 7.14. The SMILES string of the molecule is CC1CCCN1c1cccc(C(N)=S)n1. The first-order valence-corrected chi connectivity index (χ1v) is 5.63. The van der Waals surface area contributed by atoms with Crippen LogP contribution in [-0.4, -0.2) is 22.6 Å². The fourth-order valence-electron chi connectivity index (χ4n) is 1.99. The molecule has 15 heavy (non-hydrogen) atoms. The van der Waals surface area contributed by atoms with Gasteiger partial charge in [0.05, 0.1) is 5.69 Å². The summed E-state index contributed by atoms with van der Waals surface area (Å²) in [5.74, 6) is 0.991. The minimum absolute atomic E-state index is 0.365. The number of nitrogens with zero attached hydrogens (tertiary/aromatic N) is 2. The maximum atomic E-state index is 5.57. The van der Waals surface area contributed by atoms with Crippen molar-refractivity contribution in [1.82, 2.24) is 4.98 Å². The van der Waals surface area contributed by atoms with Crippen molar-refractivity contribution in [1.29, 1.82) is 0 Å². The zero-order valence-corrected chi connectivity index (χ0v) is 9.63. The minimum Gasteiger partial charge on any atom is -0.388 e. The van der Waals surface area contributed by atoms with E-state index >= 15 is 0 Å². The first-order chi connectivity index (χ1) is 7.18. The van der Waals surface area contributed by atoms with Crippen molar-refractivity contribution in [2.45, 2.75) is 25.8 Å². The Kier molecular flexibility index (Phi) is 2.86. The minimum atomic E-state index is 0.365. The molecular weight excluding hydrogens is 206 g/mol. The first kappa shape index (κ1) is 10.4. The summed E-state index contributed by atoms with van der Waals surface area (Å²) in [5.41, 5.74) is 6.28. The van der Waals surface area contributed by atoms with Crippen LogP contribution in [0.2, 0.25) is 0 Å². The Morgan fingerprint density at radius 2 is 2.40 bits per heavy atom. The maximum Gasteiger partial charge on any atom is 0.129 e. The highest BCUT2D eigenvalue weighted by atomic mass is 32.1. The van der Waals surface area contributed by atoms with E-state index in [4.69, 9.17) is 18.0 Å². The summed E-state index contributed by atoms with van der Waals surface area (Å²) in [7, 11) is 0. The van der Waals surface area contributed by atoms with Crippen LogP contribution >= 0.6 is 12.2 Å². The molecule has 0 aliphatic carbocycles. The van der Waals surface area contributed by atoms with Crippen molar-refractivity contribution < 1.29 is 0 Å². The molecule has 2 heterocycles. The van der Waals surface area contributed by atoms with Gasteiger partial charge in [-0.25, -0.2) is 4.98 Å². The molecule has 3 nitrogen and oxygen atoms in total. The van der Waals surface area contributed by atoms with Gasteiger partial charge in [-0.15, -0.1) is 0 Å². The van der Waals surface area contributed by atoms with Crippen LogP contribution in [0, 0.1) is 0 Å². The zero-order valence-electron chi connectivity index (χ0n) is 8.81. The lowest BCUT2D eigenvalue weighted by Crippen LogP contribution is -2.27. The van der Waals surface area contributed by atoms with Gasteiger partial charge in [0.15, 0.2) is 0 Å². The molecule has 4 heteroatoms. The van der Waals surface area contributed by atoms with Gasteiger partial charge in [-0.2, -0.15) is 0 Å². The van der Waals surface area contributed by atoms with Crippen LogP contribution in [0.15, 0.2) is 18.2 Å². The molecule has 2 N–H and O–H groups in total. The Bertz CT molecular complexity index is 378. The summed E-state index contributed by atoms with van der Waals surface area (Å²) in [6.45, 7) is 3.30. The van der Waals surface area contributed by atoms with Gasteiger partial charge in [0.2, 0.25) is 0 Å². The van der Waals surface area contributed by atoms with E-state index in [0.29, 0.717) is 16.7 Å². The molecule has 1 atom stereocenters. The highest BCUT2D eigenvalue weighted by molar-refractivity contribution is 7.80. The summed E-state index contributed by atoms with van der Waals surface area (Å²) >= 11 is 4.92. The van der Waals surface area contributed by atoms with E-state index in [1.165, 1.54) is 12.8 Å². The normalized spacial score (nSPS) is 20.6. The fraction of sp³-hybridized carbons (Fsp3) is 0.455. The Hall–Kier alpha value is -1.16. The van der Waals surface area contributed by atoms with Crippen LogP contribution in [0.5, 0.6) is 0 Å². The zero-order chi connectivity index (χ0) is 10.8. The highest BCUT2D eigenvalue weighted by Gasteiger charge is 2.21. The molecule has 1 aromatic heterocycles. The molecule has 1 aromatic rings. The van der Waals surface area contributed by atoms with Crippen LogP contribution in [0.3, 0.4) is 0 Å². The van der Waals surface area contributed by atoms with E-state index < -0.39 is 0 Å². The van der Waals surface area contributed by atoms with Gasteiger partial charge >= 0.3 is 0 Å². The molecule has 1 fully saturated rings. The van der Waals surface area contributed by atoms with Crippen molar-refractivity contribution in [2.24, 2.45) is 5.73 Å². The fourth-order valence-corrected chi connectivity index (χ4v) is 2.11. The van der Waals surface area contributed by atoms with E-state index in [0.717, 1.165) is 12.4 Å². The molecule has 0 spiro atoms. The van der Waals surface area contributed by atoms with Crippen molar-refractivity contribution >= 4 is 23.0 Å². The Balaban J connectivity index is 2.28. The number of hydrogen-bond donors (Lipinski definition) is 1. The molecule has 2 rings (SSSR count). The summed E-state index contributed by atoms with van der Waals surface area (Å²) < 4.78 is 0. The molecule has 1 aliphatic rings. The third kappa shape index (κ3) is 2.09. The molecule has 80 valence electrons. The van der Waals surface area contributed by atoms with E-state index in [9.17, 15) is 0 Å². The van der Waals surface area contributed by atoms with E-state index in [1.807, 2.05) is 18.2 Å². The van der Waals surface area contributed by atoms with Gasteiger partial charge in [-0.05, 0) is 31.9 Å². The number of aromatic nitrogens is 1. The van der Waals surface area contributed by atoms with E-state index in [1.54, 1.807) is 0 Å². The van der Waals surface area contributed by atoms with E-state index in [-0.39, 0.29) is 0 Å². The molecule has 0 radical (unpaired) electrons. The van der Waals surface area contributed by atoms with Gasteiger partial charge in [0.25, 0.3) is 0 Å². The largest absolute Gasteiger partial charge is 0.388 e. The second kappa shape index (κ2) is 4.14. The average molecular weight is 221 g/mol. The molecule has 0 bridgehead atoms. The predicted molar refractivity (Wildman–Crippen MR) is 66.2 cm³/mol. The second-order valence-electron chi connectivity index (χ2n) is 3.93. The van der Waals surface area contributed by atoms with Crippen molar-refractivity contribution in [2.75, 3.05) is 11.4 Å². The number of nitrogens with two attached hydrogens (primary N) is 1. The molecule has 1 unspecified atom stereocenters. The molecular formula is C11H15N3S. The van der Waals surface area contributed by atoms with Crippen LogP contribution in [0.1, 0.15) is 25.5 Å². The molecule has 0 aromatic carbocycles. The van der Waals surface area contributed by atoms with Crippen molar-refractivity contribution in [3.63, 3.8) is 0 Å². The van der Waals surface area contributed by atoms with Crippen LogP contribution < -0.4 is 10.6 Å². The number of pyridine rings is 1. The van der Waals surface area contributed by atoms with Gasteiger partial charge < -0.3 is 10.6 Å². The number of hydrogen-bond acceptors (Lipinski definition) is 3. The lowest BCUT2D eigenvalue weighted by Gasteiger charge is -2.22. The van der Waals surface area contributed by atoms with Crippen LogP contribution in [0.25, 0.3) is 0 Å². The maximum absolute atomic E-state index is 5.57. The molecule has 1 saturated heterocycles. The van der Waals surface area contributed by atoms with Crippen molar-refractivity contribution in [3.8, 4) is 0 Å².